The molecule has 20 heavy (non-hydrogen) atoms. The Labute approximate surface area is 120 Å². The van der Waals surface area contributed by atoms with Gasteiger partial charge in [0, 0.05) is 17.3 Å². The third-order valence-electron chi connectivity index (χ3n) is 3.29. The van der Waals surface area contributed by atoms with E-state index >= 15 is 0 Å². The number of aromatic amines is 1. The molecule has 0 aliphatic carbocycles. The van der Waals surface area contributed by atoms with Gasteiger partial charge in [0.15, 0.2) is 5.82 Å². The number of aryl methyl sites for hydroxylation is 2. The number of rotatable bonds is 4. The molecule has 1 N–H and O–H groups in total. The third-order valence-corrected chi connectivity index (χ3v) is 4.46. The zero-order chi connectivity index (χ0) is 14.1. The summed E-state index contributed by atoms with van der Waals surface area (Å²) in [6.45, 7) is 6.27. The average molecular weight is 288 g/mol. The van der Waals surface area contributed by atoms with Crippen molar-refractivity contribution in [3.05, 3.63) is 34.2 Å². The van der Waals surface area contributed by atoms with E-state index in [9.17, 15) is 0 Å². The number of imidazole rings is 1. The maximum absolute atomic E-state index is 4.64. The van der Waals surface area contributed by atoms with Gasteiger partial charge in [0.05, 0.1) is 11.9 Å². The summed E-state index contributed by atoms with van der Waals surface area (Å²) >= 11 is 1.73. The van der Waals surface area contributed by atoms with E-state index in [1.54, 1.807) is 23.7 Å². The van der Waals surface area contributed by atoms with Crippen LogP contribution in [0.2, 0.25) is 0 Å². The topological polar surface area (TPSA) is 72.3 Å². The van der Waals surface area contributed by atoms with Crippen molar-refractivity contribution >= 4 is 11.3 Å². The lowest BCUT2D eigenvalue weighted by atomic mass is 10.2. The molecule has 0 radical (unpaired) electrons. The Bertz CT molecular complexity index is 677. The molecule has 0 aliphatic rings. The summed E-state index contributed by atoms with van der Waals surface area (Å²) in [4.78, 5) is 13.1. The predicted molar refractivity (Wildman–Crippen MR) is 77.6 cm³/mol. The lowest BCUT2D eigenvalue weighted by molar-refractivity contribution is 0.491. The highest BCUT2D eigenvalue weighted by molar-refractivity contribution is 7.11. The largest absolute Gasteiger partial charge is 0.343 e. The van der Waals surface area contributed by atoms with Gasteiger partial charge in [-0.15, -0.1) is 16.4 Å². The molecule has 6 nitrogen and oxygen atoms in total. The van der Waals surface area contributed by atoms with E-state index in [1.165, 1.54) is 4.88 Å². The van der Waals surface area contributed by atoms with Crippen molar-refractivity contribution in [1.82, 2.24) is 29.9 Å². The van der Waals surface area contributed by atoms with Gasteiger partial charge in [-0.25, -0.2) is 14.6 Å². The van der Waals surface area contributed by atoms with Crippen LogP contribution in [0.5, 0.6) is 0 Å². The van der Waals surface area contributed by atoms with Crippen molar-refractivity contribution in [2.45, 2.75) is 33.2 Å². The van der Waals surface area contributed by atoms with Gasteiger partial charge in [-0.1, -0.05) is 12.1 Å². The van der Waals surface area contributed by atoms with Gasteiger partial charge < -0.3 is 4.98 Å². The molecular weight excluding hydrogens is 272 g/mol. The van der Waals surface area contributed by atoms with Crippen molar-refractivity contribution in [2.24, 2.45) is 0 Å². The number of aromatic nitrogens is 6. The average Bonchev–Trinajstić information content (AvgIpc) is 3.13. The monoisotopic (exact) mass is 288 g/mol. The number of nitrogens with zero attached hydrogens (tertiary/aromatic N) is 5. The molecule has 0 fully saturated rings. The van der Waals surface area contributed by atoms with Crippen molar-refractivity contribution in [3.8, 4) is 11.5 Å². The van der Waals surface area contributed by atoms with E-state index in [0.29, 0.717) is 0 Å². The summed E-state index contributed by atoms with van der Waals surface area (Å²) in [7, 11) is 0. The van der Waals surface area contributed by atoms with Crippen LogP contribution in [0.15, 0.2) is 18.6 Å². The second-order valence-corrected chi connectivity index (χ2v) is 5.87. The fourth-order valence-corrected chi connectivity index (χ4v) is 3.16. The van der Waals surface area contributed by atoms with E-state index in [2.05, 4.69) is 39.1 Å². The first-order valence-corrected chi connectivity index (χ1v) is 7.36. The second-order valence-electron chi connectivity index (χ2n) is 4.64. The minimum Gasteiger partial charge on any atom is -0.343 e. The molecule has 0 unspecified atom stereocenters. The summed E-state index contributed by atoms with van der Waals surface area (Å²) < 4.78 is 1.87. The fourth-order valence-electron chi connectivity index (χ4n) is 2.06. The third kappa shape index (κ3) is 2.24. The molecule has 0 spiro atoms. The molecule has 3 rings (SSSR count). The summed E-state index contributed by atoms with van der Waals surface area (Å²) in [6, 6.07) is 0.128. The van der Waals surface area contributed by atoms with Gasteiger partial charge in [-0.2, -0.15) is 0 Å². The molecule has 3 aromatic rings. The van der Waals surface area contributed by atoms with Crippen molar-refractivity contribution in [2.75, 3.05) is 0 Å². The lowest BCUT2D eigenvalue weighted by Crippen LogP contribution is -2.10. The number of hydrogen-bond donors (Lipinski definition) is 1. The standard InChI is InChI=1S/C13H16N6S/c1-4-11(13-16-8(2)9(3)20-13)19-7-10(17-18-19)12-14-5-6-15-12/h5-7,11H,4H2,1-3H3,(H,14,15)/t11-/m1/s1. The minimum absolute atomic E-state index is 0.128. The number of nitrogens with one attached hydrogen (secondary N) is 1. The maximum Gasteiger partial charge on any atom is 0.159 e. The van der Waals surface area contributed by atoms with Gasteiger partial charge in [0.25, 0.3) is 0 Å². The molecular formula is C13H16N6S. The Balaban J connectivity index is 1.94. The first-order chi connectivity index (χ1) is 9.69. The number of thiazole rings is 1. The van der Waals surface area contributed by atoms with Crippen LogP contribution in [0.3, 0.4) is 0 Å². The van der Waals surface area contributed by atoms with Gasteiger partial charge in [-0.3, -0.25) is 0 Å². The van der Waals surface area contributed by atoms with Crippen LogP contribution in [0.1, 0.15) is 35.0 Å². The first-order valence-electron chi connectivity index (χ1n) is 6.54. The molecule has 0 aromatic carbocycles. The molecule has 3 heterocycles. The highest BCUT2D eigenvalue weighted by Gasteiger charge is 2.19. The van der Waals surface area contributed by atoms with Crippen LogP contribution >= 0.6 is 11.3 Å². The van der Waals surface area contributed by atoms with Crippen LogP contribution in [0, 0.1) is 13.8 Å². The fraction of sp³-hybridized carbons (Fsp3) is 0.385. The second kappa shape index (κ2) is 5.16. The van der Waals surface area contributed by atoms with E-state index < -0.39 is 0 Å². The maximum atomic E-state index is 4.64. The Morgan fingerprint density at radius 1 is 1.40 bits per heavy atom. The molecule has 104 valence electrons. The van der Waals surface area contributed by atoms with Crippen molar-refractivity contribution in [3.63, 3.8) is 0 Å². The zero-order valence-electron chi connectivity index (χ0n) is 11.7. The van der Waals surface area contributed by atoms with E-state index in [0.717, 1.165) is 28.6 Å². The Kier molecular flexibility index (Phi) is 3.35. The normalized spacial score (nSPS) is 12.8. The summed E-state index contributed by atoms with van der Waals surface area (Å²) in [5.74, 6) is 0.734. The van der Waals surface area contributed by atoms with Crippen LogP contribution in [0.25, 0.3) is 11.5 Å². The lowest BCUT2D eigenvalue weighted by Gasteiger charge is -2.11. The van der Waals surface area contributed by atoms with E-state index in [1.807, 2.05) is 17.8 Å². The minimum atomic E-state index is 0.128. The number of hydrogen-bond acceptors (Lipinski definition) is 5. The summed E-state index contributed by atoms with van der Waals surface area (Å²) in [5, 5.41) is 9.49. The van der Waals surface area contributed by atoms with E-state index in [-0.39, 0.29) is 6.04 Å². The quantitative estimate of drug-likeness (QED) is 0.801. The predicted octanol–water partition coefficient (Wildman–Crippen LogP) is 2.74. The molecule has 7 heteroatoms. The molecule has 0 amide bonds. The van der Waals surface area contributed by atoms with Gasteiger partial charge >= 0.3 is 0 Å². The SMILES string of the molecule is CC[C@H](c1nc(C)c(C)s1)n1cc(-c2ncc[nH]2)nn1. The van der Waals surface area contributed by atoms with Crippen LogP contribution < -0.4 is 0 Å². The zero-order valence-corrected chi connectivity index (χ0v) is 12.5. The molecule has 0 bridgehead atoms. The Morgan fingerprint density at radius 2 is 2.25 bits per heavy atom. The van der Waals surface area contributed by atoms with Crippen LogP contribution in [-0.4, -0.2) is 29.9 Å². The summed E-state index contributed by atoms with van der Waals surface area (Å²) in [5.41, 5.74) is 1.84. The Morgan fingerprint density at radius 3 is 2.85 bits per heavy atom. The van der Waals surface area contributed by atoms with Crippen molar-refractivity contribution < 1.29 is 0 Å². The van der Waals surface area contributed by atoms with Gasteiger partial charge in [0.1, 0.15) is 16.7 Å². The highest BCUT2D eigenvalue weighted by atomic mass is 32.1. The molecule has 0 aliphatic heterocycles. The Hall–Kier alpha value is -2.02. The number of H-pyrrole nitrogens is 1. The summed E-state index contributed by atoms with van der Waals surface area (Å²) in [6.07, 6.45) is 6.32. The highest BCUT2D eigenvalue weighted by Crippen LogP contribution is 2.28. The van der Waals surface area contributed by atoms with E-state index in [4.69, 9.17) is 0 Å². The smallest absolute Gasteiger partial charge is 0.159 e. The molecule has 3 aromatic heterocycles. The van der Waals surface area contributed by atoms with Crippen LogP contribution in [-0.2, 0) is 0 Å². The molecule has 0 saturated heterocycles. The van der Waals surface area contributed by atoms with Crippen LogP contribution in [0.4, 0.5) is 0 Å². The van der Waals surface area contributed by atoms with Gasteiger partial charge in [-0.05, 0) is 20.3 Å². The molecule has 0 saturated carbocycles. The molecule has 1 atom stereocenters. The van der Waals surface area contributed by atoms with Gasteiger partial charge in [0.2, 0.25) is 0 Å². The first kappa shape index (κ1) is 13.0. The van der Waals surface area contributed by atoms with Crippen molar-refractivity contribution in [1.29, 1.82) is 0 Å².